The average Bonchev–Trinajstić information content (AvgIpc) is 2.58. The molecule has 0 radical (unpaired) electrons. The lowest BCUT2D eigenvalue weighted by Gasteiger charge is -2.46. The first-order valence-corrected chi connectivity index (χ1v) is 7.65. The van der Waals surface area contributed by atoms with E-state index in [9.17, 15) is 5.11 Å². The lowest BCUT2D eigenvalue weighted by atomic mass is 9.78. The van der Waals surface area contributed by atoms with E-state index < -0.39 is 5.60 Å². The minimum atomic E-state index is -1.06. The minimum Gasteiger partial charge on any atom is -0.377 e. The summed E-state index contributed by atoms with van der Waals surface area (Å²) in [6.07, 6.45) is 6.77. The molecule has 112 valence electrons. The van der Waals surface area contributed by atoms with Crippen LogP contribution >= 0.6 is 0 Å². The van der Waals surface area contributed by atoms with Crippen molar-refractivity contribution in [2.24, 2.45) is 0 Å². The number of benzene rings is 2. The highest BCUT2D eigenvalue weighted by atomic mass is 16.3. The Kier molecular flexibility index (Phi) is 4.02. The molecule has 0 bridgehead atoms. The fraction of sp³-hybridized carbons (Fsp3) is 0.300. The topological polar surface area (TPSA) is 23.5 Å². The van der Waals surface area contributed by atoms with Gasteiger partial charge in [-0.1, -0.05) is 66.6 Å². The van der Waals surface area contributed by atoms with Gasteiger partial charge >= 0.3 is 0 Å². The zero-order valence-corrected chi connectivity index (χ0v) is 12.8. The predicted molar refractivity (Wildman–Crippen MR) is 89.1 cm³/mol. The van der Waals surface area contributed by atoms with Crippen molar-refractivity contribution >= 4 is 0 Å². The Morgan fingerprint density at radius 3 is 1.73 bits per heavy atom. The van der Waals surface area contributed by atoms with Crippen molar-refractivity contribution in [3.05, 3.63) is 71.8 Å². The van der Waals surface area contributed by atoms with Gasteiger partial charge in [0.1, 0.15) is 5.60 Å². The molecule has 0 amide bonds. The number of hydrogen-bond donors (Lipinski definition) is 1. The van der Waals surface area contributed by atoms with Crippen LogP contribution in [0.1, 0.15) is 36.1 Å². The van der Waals surface area contributed by atoms with Crippen LogP contribution in [0.3, 0.4) is 0 Å². The van der Waals surface area contributed by atoms with Gasteiger partial charge in [-0.2, -0.15) is 0 Å². The van der Waals surface area contributed by atoms with Crippen molar-refractivity contribution in [2.75, 3.05) is 7.05 Å². The summed E-state index contributed by atoms with van der Waals surface area (Å²) in [5.74, 6) is 2.63. The largest absolute Gasteiger partial charge is 0.377 e. The first-order valence-electron chi connectivity index (χ1n) is 7.65. The van der Waals surface area contributed by atoms with Crippen LogP contribution in [0.25, 0.3) is 0 Å². The summed E-state index contributed by atoms with van der Waals surface area (Å²) in [6, 6.07) is 20.8. The highest BCUT2D eigenvalue weighted by Crippen LogP contribution is 2.44. The third kappa shape index (κ3) is 2.78. The SMILES string of the molecule is C#CC1(O)C[C@H](c2ccccc2)N(C)[C@H](c2ccccc2)C1. The monoisotopic (exact) mass is 291 g/mol. The maximum atomic E-state index is 10.8. The van der Waals surface area contributed by atoms with Crippen molar-refractivity contribution < 1.29 is 5.11 Å². The van der Waals surface area contributed by atoms with Crippen molar-refractivity contribution in [3.63, 3.8) is 0 Å². The zero-order valence-electron chi connectivity index (χ0n) is 12.8. The summed E-state index contributed by atoms with van der Waals surface area (Å²) in [4.78, 5) is 2.33. The highest BCUT2D eigenvalue weighted by Gasteiger charge is 2.42. The summed E-state index contributed by atoms with van der Waals surface area (Å²) >= 11 is 0. The van der Waals surface area contributed by atoms with E-state index in [1.807, 2.05) is 36.4 Å². The van der Waals surface area contributed by atoms with Crippen LogP contribution in [0.15, 0.2) is 60.7 Å². The third-order valence-corrected chi connectivity index (χ3v) is 4.68. The number of nitrogens with zero attached hydrogens (tertiary/aromatic N) is 1. The van der Waals surface area contributed by atoms with E-state index in [-0.39, 0.29) is 12.1 Å². The van der Waals surface area contributed by atoms with Gasteiger partial charge in [0.25, 0.3) is 0 Å². The molecule has 1 unspecified atom stereocenters. The van der Waals surface area contributed by atoms with Gasteiger partial charge in [0.2, 0.25) is 0 Å². The van der Waals surface area contributed by atoms with E-state index in [0.29, 0.717) is 12.8 Å². The maximum absolute atomic E-state index is 10.8. The van der Waals surface area contributed by atoms with Gasteiger partial charge in [0.15, 0.2) is 0 Å². The normalized spacial score (nSPS) is 29.0. The van der Waals surface area contributed by atoms with Crippen LogP contribution in [0.4, 0.5) is 0 Å². The first kappa shape index (κ1) is 14.8. The molecule has 0 saturated carbocycles. The van der Waals surface area contributed by atoms with E-state index >= 15 is 0 Å². The van der Waals surface area contributed by atoms with Crippen LogP contribution in [-0.4, -0.2) is 22.7 Å². The Morgan fingerprint density at radius 1 is 0.955 bits per heavy atom. The lowest BCUT2D eigenvalue weighted by molar-refractivity contribution is -0.0298. The van der Waals surface area contributed by atoms with Crippen LogP contribution in [0, 0.1) is 12.3 Å². The van der Waals surface area contributed by atoms with E-state index in [0.717, 1.165) is 0 Å². The van der Waals surface area contributed by atoms with E-state index in [1.165, 1.54) is 11.1 Å². The molecule has 3 atom stereocenters. The Morgan fingerprint density at radius 2 is 1.36 bits per heavy atom. The van der Waals surface area contributed by atoms with Gasteiger partial charge in [-0.3, -0.25) is 4.90 Å². The van der Waals surface area contributed by atoms with Gasteiger partial charge in [-0.15, -0.1) is 6.42 Å². The van der Waals surface area contributed by atoms with Crippen LogP contribution in [-0.2, 0) is 0 Å². The fourth-order valence-electron chi connectivity index (χ4n) is 3.40. The number of likely N-dealkylation sites (tertiary alicyclic amines) is 1. The molecule has 1 aliphatic heterocycles. The molecule has 22 heavy (non-hydrogen) atoms. The summed E-state index contributed by atoms with van der Waals surface area (Å²) in [7, 11) is 2.12. The Balaban J connectivity index is 1.99. The first-order chi connectivity index (χ1) is 10.6. The van der Waals surface area contributed by atoms with E-state index in [2.05, 4.69) is 42.1 Å². The molecule has 2 aromatic rings. The summed E-state index contributed by atoms with van der Waals surface area (Å²) in [5, 5.41) is 10.8. The van der Waals surface area contributed by atoms with E-state index in [4.69, 9.17) is 6.42 Å². The van der Waals surface area contributed by atoms with Gasteiger partial charge in [-0.25, -0.2) is 0 Å². The maximum Gasteiger partial charge on any atom is 0.128 e. The van der Waals surface area contributed by atoms with Gasteiger partial charge in [0, 0.05) is 24.9 Å². The van der Waals surface area contributed by atoms with Crippen molar-refractivity contribution in [2.45, 2.75) is 30.5 Å². The van der Waals surface area contributed by atoms with Crippen LogP contribution in [0.2, 0.25) is 0 Å². The zero-order chi connectivity index (χ0) is 15.6. The van der Waals surface area contributed by atoms with E-state index in [1.54, 1.807) is 0 Å². The number of piperidine rings is 1. The summed E-state index contributed by atoms with van der Waals surface area (Å²) in [5.41, 5.74) is 1.33. The quantitative estimate of drug-likeness (QED) is 0.855. The highest BCUT2D eigenvalue weighted by molar-refractivity contribution is 5.28. The second-order valence-corrected chi connectivity index (χ2v) is 6.10. The average molecular weight is 291 g/mol. The minimum absolute atomic E-state index is 0.112. The Bertz CT molecular complexity index is 610. The van der Waals surface area contributed by atoms with Crippen molar-refractivity contribution in [1.29, 1.82) is 0 Å². The standard InChI is InChI=1S/C20H21NO/c1-3-20(22)14-18(16-10-6-4-7-11-16)21(2)19(15-20)17-12-8-5-9-13-17/h1,4-13,18-19,22H,14-15H2,2H3/t18-,19+,20?. The molecule has 3 rings (SSSR count). The molecule has 1 N–H and O–H groups in total. The fourth-order valence-corrected chi connectivity index (χ4v) is 3.40. The molecule has 2 heteroatoms. The molecular weight excluding hydrogens is 270 g/mol. The summed E-state index contributed by atoms with van der Waals surface area (Å²) in [6.45, 7) is 0. The number of rotatable bonds is 2. The molecule has 0 aromatic heterocycles. The van der Waals surface area contributed by atoms with Gasteiger partial charge in [-0.05, 0) is 18.2 Å². The molecule has 1 heterocycles. The number of terminal acetylenes is 1. The molecule has 0 spiro atoms. The predicted octanol–water partition coefficient (Wildman–Crippen LogP) is 3.56. The van der Waals surface area contributed by atoms with Gasteiger partial charge < -0.3 is 5.11 Å². The molecule has 1 saturated heterocycles. The molecular formula is C20H21NO. The Labute approximate surface area is 132 Å². The van der Waals surface area contributed by atoms with Crippen LogP contribution < -0.4 is 0 Å². The van der Waals surface area contributed by atoms with Crippen molar-refractivity contribution in [1.82, 2.24) is 4.90 Å². The molecule has 1 aliphatic rings. The third-order valence-electron chi connectivity index (χ3n) is 4.68. The molecule has 2 nitrogen and oxygen atoms in total. The molecule has 1 fully saturated rings. The number of aliphatic hydroxyl groups is 1. The Hall–Kier alpha value is -2.08. The van der Waals surface area contributed by atoms with Crippen LogP contribution in [0.5, 0.6) is 0 Å². The number of hydrogen-bond acceptors (Lipinski definition) is 2. The molecule has 2 aromatic carbocycles. The molecule has 0 aliphatic carbocycles. The lowest BCUT2D eigenvalue weighted by Crippen LogP contribution is -2.45. The van der Waals surface area contributed by atoms with Crippen molar-refractivity contribution in [3.8, 4) is 12.3 Å². The summed E-state index contributed by atoms with van der Waals surface area (Å²) < 4.78 is 0. The van der Waals surface area contributed by atoms with Gasteiger partial charge in [0.05, 0.1) is 0 Å². The smallest absolute Gasteiger partial charge is 0.128 e. The second kappa shape index (κ2) is 5.96. The second-order valence-electron chi connectivity index (χ2n) is 6.10.